The molecular weight excluding hydrogens is 1580 g/mol. The van der Waals surface area contributed by atoms with Gasteiger partial charge in [-0.1, -0.05) is 267 Å². The van der Waals surface area contributed by atoms with Gasteiger partial charge in [-0.15, -0.1) is 22.7 Å². The van der Waals surface area contributed by atoms with Crippen LogP contribution in [0.15, 0.2) is 409 Å². The second-order valence-corrected chi connectivity index (χ2v) is 34.6. The minimum Gasteiger partial charge on any atom is -0.455 e. The normalized spacial score (nSPS) is 12.0. The molecule has 8 heterocycles. The number of furan rings is 2. The molecule has 0 aliphatic rings. The molecule has 0 fully saturated rings. The van der Waals surface area contributed by atoms with Gasteiger partial charge >= 0.3 is 0 Å². The number of hydrogen-bond acceptors (Lipinski definition) is 10. The van der Waals surface area contributed by atoms with Crippen molar-refractivity contribution >= 4 is 151 Å². The zero-order valence-electron chi connectivity index (χ0n) is 67.3. The van der Waals surface area contributed by atoms with Crippen LogP contribution >= 0.6 is 22.7 Å². The highest BCUT2D eigenvalue weighted by atomic mass is 32.1. The fraction of sp³-hybridized carbons (Fsp3) is 0. The average molecular weight is 1640 g/mol. The molecule has 0 aliphatic heterocycles. The first-order valence-electron chi connectivity index (χ1n) is 42.2. The molecule has 126 heavy (non-hydrogen) atoms. The number of para-hydroxylation sites is 4. The molecule has 0 spiro atoms. The van der Waals surface area contributed by atoms with Crippen molar-refractivity contribution in [3.05, 3.63) is 400 Å². The summed E-state index contributed by atoms with van der Waals surface area (Å²) in [5, 5.41) is 13.3. The predicted octanol–water partition coefficient (Wildman–Crippen LogP) is 31.1. The largest absolute Gasteiger partial charge is 0.455 e. The standard InChI is InChI=1S/C114H66N8O2S2/c1-4-23-67(24-5-1)70-29-20-33-74(55-70)77-45-50-87-94-64-82(122-99-42-17-12-37-85(99)86-38-13-18-43-100(86)122)66-96(108(94)123-101(87)60-77)114-118-110(69-27-8-3-9-28-69)116-112(120-114)80-47-52-90-91-58-76(48-53-105(91)126-106(90)62-80)73-32-21-30-71(56-73)72-31-22-34-75(57-72)78-46-51-88-93-63-81(121-97-40-15-10-35-83(97)84-36-11-16-41-98(84)121)65-95(107(93)124-102(88)61-78)113-117-109(68-25-6-2-7-26-68)115-111(119-113)79-49-54-104-92(59-79)89-39-14-19-44-103(89)125-104/h1-66H. The number of thiophene rings is 2. The van der Waals surface area contributed by atoms with Gasteiger partial charge in [0.25, 0.3) is 0 Å². The Hall–Kier alpha value is -16.4. The van der Waals surface area contributed by atoms with Crippen LogP contribution in [0.25, 0.3) is 263 Å². The molecule has 0 bridgehead atoms. The van der Waals surface area contributed by atoms with Crippen molar-refractivity contribution in [2.24, 2.45) is 0 Å². The number of fused-ring (bicyclic) bond motifs is 18. The molecule has 0 unspecified atom stereocenters. The fourth-order valence-electron chi connectivity index (χ4n) is 19.0. The van der Waals surface area contributed by atoms with Crippen molar-refractivity contribution < 1.29 is 8.83 Å². The van der Waals surface area contributed by atoms with E-state index in [0.29, 0.717) is 46.1 Å². The van der Waals surface area contributed by atoms with E-state index in [1.165, 1.54) is 57.4 Å². The molecule has 0 amide bonds. The van der Waals surface area contributed by atoms with Crippen molar-refractivity contribution in [1.29, 1.82) is 0 Å². The van der Waals surface area contributed by atoms with Crippen molar-refractivity contribution in [2.45, 2.75) is 0 Å². The molecule has 10 nitrogen and oxygen atoms in total. The van der Waals surface area contributed by atoms with Gasteiger partial charge in [-0.25, -0.2) is 29.9 Å². The summed E-state index contributed by atoms with van der Waals surface area (Å²) in [7, 11) is 0. The van der Waals surface area contributed by atoms with E-state index in [-0.39, 0.29) is 0 Å². The summed E-state index contributed by atoms with van der Waals surface area (Å²) >= 11 is 3.57. The Morgan fingerprint density at radius 3 is 0.937 bits per heavy atom. The molecule has 0 saturated carbocycles. The van der Waals surface area contributed by atoms with Crippen LogP contribution in [0.3, 0.4) is 0 Å². The molecule has 12 heteroatoms. The van der Waals surface area contributed by atoms with Gasteiger partial charge in [0.05, 0.1) is 33.2 Å². The van der Waals surface area contributed by atoms with E-state index in [2.05, 4.69) is 373 Å². The van der Waals surface area contributed by atoms with Crippen LogP contribution in [0, 0.1) is 0 Å². The lowest BCUT2D eigenvalue weighted by Gasteiger charge is -2.12. The lowest BCUT2D eigenvalue weighted by molar-refractivity contribution is 0.669. The van der Waals surface area contributed by atoms with E-state index >= 15 is 0 Å². The summed E-state index contributed by atoms with van der Waals surface area (Å²) in [5.41, 5.74) is 25.3. The number of benzene rings is 18. The summed E-state index contributed by atoms with van der Waals surface area (Å²) in [6, 6.07) is 143. The smallest absolute Gasteiger partial charge is 0.167 e. The van der Waals surface area contributed by atoms with Gasteiger partial charge in [-0.05, 0) is 189 Å². The molecular formula is C114H66N8O2S2. The van der Waals surface area contributed by atoms with E-state index in [0.717, 1.165) is 160 Å². The number of nitrogens with zero attached hydrogens (tertiary/aromatic N) is 8. The van der Waals surface area contributed by atoms with Crippen LogP contribution in [-0.4, -0.2) is 39.0 Å². The lowest BCUT2D eigenvalue weighted by Crippen LogP contribution is -2.01. The Morgan fingerprint density at radius 1 is 0.175 bits per heavy atom. The molecule has 0 radical (unpaired) electrons. The first-order chi connectivity index (χ1) is 62.4. The zero-order valence-corrected chi connectivity index (χ0v) is 68.9. The van der Waals surface area contributed by atoms with Gasteiger partial charge in [-0.2, -0.15) is 0 Å². The van der Waals surface area contributed by atoms with Crippen LogP contribution in [0.2, 0.25) is 0 Å². The van der Waals surface area contributed by atoms with E-state index in [1.54, 1.807) is 22.7 Å². The Labute approximate surface area is 728 Å². The highest BCUT2D eigenvalue weighted by Gasteiger charge is 2.27. The third kappa shape index (κ3) is 11.8. The molecule has 8 aromatic heterocycles. The van der Waals surface area contributed by atoms with Crippen molar-refractivity contribution in [3.63, 3.8) is 0 Å². The average Bonchev–Trinajstić information content (AvgIpc) is 1.57. The molecule has 586 valence electrons. The second kappa shape index (κ2) is 28.6. The van der Waals surface area contributed by atoms with Gasteiger partial charge in [-0.3, -0.25) is 0 Å². The van der Waals surface area contributed by atoms with E-state index in [9.17, 15) is 0 Å². The first kappa shape index (κ1) is 71.4. The third-order valence-electron chi connectivity index (χ3n) is 25.0. The van der Waals surface area contributed by atoms with Crippen LogP contribution in [0.5, 0.6) is 0 Å². The molecule has 26 rings (SSSR count). The highest BCUT2D eigenvalue weighted by molar-refractivity contribution is 7.26. The number of aromatic nitrogens is 8. The van der Waals surface area contributed by atoms with Crippen LogP contribution in [0.4, 0.5) is 0 Å². The summed E-state index contributed by atoms with van der Waals surface area (Å²) in [6.45, 7) is 0. The monoisotopic (exact) mass is 1640 g/mol. The van der Waals surface area contributed by atoms with Gasteiger partial charge in [0.2, 0.25) is 0 Å². The number of rotatable bonds is 13. The highest BCUT2D eigenvalue weighted by Crippen LogP contribution is 2.48. The maximum absolute atomic E-state index is 7.28. The predicted molar refractivity (Wildman–Crippen MR) is 522 cm³/mol. The molecule has 0 atom stereocenters. The fourth-order valence-corrected chi connectivity index (χ4v) is 21.2. The molecule has 0 aliphatic carbocycles. The van der Waals surface area contributed by atoms with Gasteiger partial charge in [0.15, 0.2) is 34.9 Å². The topological polar surface area (TPSA) is 113 Å². The molecule has 26 aromatic rings. The lowest BCUT2D eigenvalue weighted by atomic mass is 9.95. The SMILES string of the molecule is c1ccc(-c2cccc(-c3ccc4c(c3)oc3c(-c5nc(-c6ccccc6)nc(-c6ccc7c(c6)sc6ccc(-c8cccc(-c9cccc(-c%10ccc%11c(c%10)oc%10c(-c%12nc(-c%13ccccc%13)nc(-c%13ccc%14sc%15ccccc%15c%14c%13)n%12)cc(-n%12c%13ccccc%13c%13ccccc%13%12)cc%10%11)c9)c8)cc67)n5)cc(-n5c6ccccc6c6ccccc65)cc34)c2)cc1. The maximum atomic E-state index is 7.28. The van der Waals surface area contributed by atoms with Gasteiger partial charge < -0.3 is 18.0 Å². The van der Waals surface area contributed by atoms with E-state index in [4.69, 9.17) is 38.7 Å². The van der Waals surface area contributed by atoms with Crippen molar-refractivity contribution in [3.8, 4) is 135 Å². The zero-order chi connectivity index (χ0) is 82.6. The van der Waals surface area contributed by atoms with Crippen LogP contribution in [-0.2, 0) is 0 Å². The van der Waals surface area contributed by atoms with Gasteiger partial charge in [0, 0.05) is 117 Å². The van der Waals surface area contributed by atoms with Crippen molar-refractivity contribution in [1.82, 2.24) is 39.0 Å². The molecule has 18 aromatic carbocycles. The number of hydrogen-bond donors (Lipinski definition) is 0. The maximum Gasteiger partial charge on any atom is 0.167 e. The minimum absolute atomic E-state index is 0.504. The molecule has 0 saturated heterocycles. The third-order valence-corrected chi connectivity index (χ3v) is 27.3. The summed E-state index contributed by atoms with van der Waals surface area (Å²) in [4.78, 5) is 32.4. The van der Waals surface area contributed by atoms with Crippen LogP contribution < -0.4 is 0 Å². The molecule has 0 N–H and O–H groups in total. The summed E-state index contributed by atoms with van der Waals surface area (Å²) in [6.07, 6.45) is 0. The summed E-state index contributed by atoms with van der Waals surface area (Å²) in [5.74, 6) is 3.29. The van der Waals surface area contributed by atoms with Crippen molar-refractivity contribution in [2.75, 3.05) is 0 Å². The van der Waals surface area contributed by atoms with E-state index in [1.807, 2.05) is 36.4 Å². The second-order valence-electron chi connectivity index (χ2n) is 32.4. The Kier molecular flexibility index (Phi) is 16.2. The van der Waals surface area contributed by atoms with Crippen LogP contribution in [0.1, 0.15) is 0 Å². The minimum atomic E-state index is 0.504. The summed E-state index contributed by atoms with van der Waals surface area (Å²) < 4.78 is 24.0. The first-order valence-corrected chi connectivity index (χ1v) is 43.9. The van der Waals surface area contributed by atoms with Gasteiger partial charge in [0.1, 0.15) is 22.3 Å². The Bertz CT molecular complexity index is 8900. The Morgan fingerprint density at radius 2 is 0.476 bits per heavy atom. The Balaban J connectivity index is 0.558. The quantitative estimate of drug-likeness (QED) is 0.112. The van der Waals surface area contributed by atoms with E-state index < -0.39 is 0 Å².